The largest absolute Gasteiger partial charge is 0.508 e. The first-order valence-electron chi connectivity index (χ1n) is 12.1. The summed E-state index contributed by atoms with van der Waals surface area (Å²) < 4.78 is 11.3. The van der Waals surface area contributed by atoms with Gasteiger partial charge in [0.25, 0.3) is 0 Å². The molecular weight excluding hydrogens is 520 g/mol. The number of aromatic hydroxyl groups is 4. The van der Waals surface area contributed by atoms with Crippen LogP contribution in [0.5, 0.6) is 34.5 Å². The van der Waals surface area contributed by atoms with E-state index in [-0.39, 0.29) is 47.3 Å². The second kappa shape index (κ2) is 12.0. The number of aliphatic carboxylic acids is 2. The third kappa shape index (κ3) is 6.93. The smallest absolute Gasteiger partial charge is 0.314 e. The minimum atomic E-state index is -1.17. The summed E-state index contributed by atoms with van der Waals surface area (Å²) >= 11 is 0. The average Bonchev–Trinajstić information content (AvgIpc) is 2.88. The molecule has 40 heavy (non-hydrogen) atoms. The maximum Gasteiger partial charge on any atom is 0.314 e. The molecule has 2 unspecified atom stereocenters. The van der Waals surface area contributed by atoms with E-state index in [9.17, 15) is 40.2 Å². The minimum Gasteiger partial charge on any atom is -0.508 e. The van der Waals surface area contributed by atoms with Gasteiger partial charge in [-0.3, -0.25) is 9.59 Å². The molecule has 0 fully saturated rings. The predicted octanol–water partition coefficient (Wildman–Crippen LogP) is 4.67. The van der Waals surface area contributed by atoms with E-state index in [0.29, 0.717) is 11.5 Å². The molecule has 0 spiro atoms. The summed E-state index contributed by atoms with van der Waals surface area (Å²) in [6.07, 6.45) is 0. The van der Waals surface area contributed by atoms with E-state index in [1.807, 2.05) is 0 Å². The molecular formula is C30H26O10. The highest BCUT2D eigenvalue weighted by Crippen LogP contribution is 2.30. The first-order chi connectivity index (χ1) is 19.1. The van der Waals surface area contributed by atoms with Gasteiger partial charge in [0.2, 0.25) is 0 Å². The second-order valence-electron chi connectivity index (χ2n) is 9.02. The Balaban J connectivity index is 1.38. The first-order valence-corrected chi connectivity index (χ1v) is 12.1. The molecule has 0 aromatic heterocycles. The number of phenolic OH excluding ortho intramolecular Hbond substituents is 4. The van der Waals surface area contributed by atoms with E-state index in [0.717, 1.165) is 23.3 Å². The van der Waals surface area contributed by atoms with E-state index in [1.165, 1.54) is 24.3 Å². The fourth-order valence-electron chi connectivity index (χ4n) is 4.10. The van der Waals surface area contributed by atoms with Crippen LogP contribution in [-0.4, -0.2) is 55.8 Å². The van der Waals surface area contributed by atoms with Crippen LogP contribution in [0.4, 0.5) is 0 Å². The monoisotopic (exact) mass is 546 g/mol. The second-order valence-corrected chi connectivity index (χ2v) is 9.02. The zero-order valence-corrected chi connectivity index (χ0v) is 21.0. The molecule has 0 heterocycles. The Morgan fingerprint density at radius 3 is 1.10 bits per heavy atom. The SMILES string of the molecule is O=C(O)C(COc1ccc(-c2ccc(OCC(C(=O)O)c3cc(O)cc(O)c3)cc2)cc1)c1cc(O)cc(O)c1. The molecule has 0 saturated heterocycles. The molecule has 4 aromatic rings. The zero-order chi connectivity index (χ0) is 28.8. The van der Waals surface area contributed by atoms with Gasteiger partial charge < -0.3 is 40.1 Å². The zero-order valence-electron chi connectivity index (χ0n) is 21.0. The summed E-state index contributed by atoms with van der Waals surface area (Å²) in [5.74, 6) is -4.69. The molecule has 2 atom stereocenters. The van der Waals surface area contributed by atoms with Gasteiger partial charge in [0.15, 0.2) is 0 Å². The lowest BCUT2D eigenvalue weighted by Crippen LogP contribution is -2.19. The van der Waals surface area contributed by atoms with Crippen LogP contribution < -0.4 is 9.47 Å². The number of carboxylic acids is 2. The highest BCUT2D eigenvalue weighted by molar-refractivity contribution is 5.77. The summed E-state index contributed by atoms with van der Waals surface area (Å²) in [6, 6.07) is 21.1. The summed E-state index contributed by atoms with van der Waals surface area (Å²) in [5.41, 5.74) is 2.09. The topological polar surface area (TPSA) is 174 Å². The van der Waals surface area contributed by atoms with E-state index in [4.69, 9.17) is 9.47 Å². The molecule has 0 aliphatic rings. The minimum absolute atomic E-state index is 0.207. The van der Waals surface area contributed by atoms with Crippen LogP contribution in [0, 0.1) is 0 Å². The molecule has 0 amide bonds. The molecule has 0 aliphatic carbocycles. The molecule has 0 bridgehead atoms. The standard InChI is InChI=1S/C30H26O10/c31-21-9-19(10-22(32)13-21)27(29(35)36)15-39-25-5-1-17(2-6-25)18-3-7-26(8-4-18)40-16-28(30(37)38)20-11-23(33)14-24(34)12-20/h1-14,27-28,31-34H,15-16H2,(H,35,36)(H,37,38). The van der Waals surface area contributed by atoms with Crippen LogP contribution in [0.3, 0.4) is 0 Å². The Hall–Kier alpha value is -5.38. The number of benzene rings is 4. The van der Waals surface area contributed by atoms with Crippen LogP contribution in [0.2, 0.25) is 0 Å². The highest BCUT2D eigenvalue weighted by Gasteiger charge is 2.23. The number of rotatable bonds is 11. The fraction of sp³-hybridized carbons (Fsp3) is 0.133. The molecule has 0 radical (unpaired) electrons. The van der Waals surface area contributed by atoms with Crippen molar-refractivity contribution in [2.24, 2.45) is 0 Å². The van der Waals surface area contributed by atoms with Crippen molar-refractivity contribution in [3.63, 3.8) is 0 Å². The van der Waals surface area contributed by atoms with Gasteiger partial charge in [-0.1, -0.05) is 24.3 Å². The Labute approximate surface area is 228 Å². The Morgan fingerprint density at radius 1 is 0.525 bits per heavy atom. The first kappa shape index (κ1) is 27.6. The van der Waals surface area contributed by atoms with Crippen molar-refractivity contribution in [1.29, 1.82) is 0 Å². The van der Waals surface area contributed by atoms with Gasteiger partial charge in [-0.25, -0.2) is 0 Å². The lowest BCUT2D eigenvalue weighted by atomic mass is 9.99. The summed E-state index contributed by atoms with van der Waals surface area (Å²) in [4.78, 5) is 23.4. The summed E-state index contributed by atoms with van der Waals surface area (Å²) in [6.45, 7) is -0.438. The van der Waals surface area contributed by atoms with Crippen molar-refractivity contribution in [2.75, 3.05) is 13.2 Å². The summed E-state index contributed by atoms with van der Waals surface area (Å²) in [5, 5.41) is 57.8. The molecule has 0 aliphatic heterocycles. The third-order valence-corrected chi connectivity index (χ3v) is 6.13. The number of carboxylic acid groups (broad SMARTS) is 2. The Morgan fingerprint density at radius 2 is 0.825 bits per heavy atom. The highest BCUT2D eigenvalue weighted by atomic mass is 16.5. The number of hydrogen-bond donors (Lipinski definition) is 6. The number of hydrogen-bond acceptors (Lipinski definition) is 8. The third-order valence-electron chi connectivity index (χ3n) is 6.13. The van der Waals surface area contributed by atoms with Crippen LogP contribution >= 0.6 is 0 Å². The number of phenols is 4. The van der Waals surface area contributed by atoms with Crippen molar-refractivity contribution in [3.05, 3.63) is 96.1 Å². The summed E-state index contributed by atoms with van der Waals surface area (Å²) in [7, 11) is 0. The van der Waals surface area contributed by atoms with E-state index in [2.05, 4.69) is 0 Å². The van der Waals surface area contributed by atoms with Crippen molar-refractivity contribution in [1.82, 2.24) is 0 Å². The molecule has 0 saturated carbocycles. The molecule has 6 N–H and O–H groups in total. The van der Waals surface area contributed by atoms with Gasteiger partial charge in [0.1, 0.15) is 59.5 Å². The lowest BCUT2D eigenvalue weighted by molar-refractivity contribution is -0.140. The van der Waals surface area contributed by atoms with Crippen LogP contribution in [-0.2, 0) is 9.59 Å². The lowest BCUT2D eigenvalue weighted by Gasteiger charge is -2.16. The van der Waals surface area contributed by atoms with Gasteiger partial charge in [-0.2, -0.15) is 0 Å². The van der Waals surface area contributed by atoms with Crippen molar-refractivity contribution in [3.8, 4) is 45.6 Å². The quantitative estimate of drug-likeness (QED) is 0.155. The molecule has 206 valence electrons. The van der Waals surface area contributed by atoms with Crippen molar-refractivity contribution in [2.45, 2.75) is 11.8 Å². The predicted molar refractivity (Wildman–Crippen MR) is 143 cm³/mol. The van der Waals surface area contributed by atoms with E-state index < -0.39 is 23.8 Å². The Kier molecular flexibility index (Phi) is 8.29. The van der Waals surface area contributed by atoms with E-state index in [1.54, 1.807) is 48.5 Å². The van der Waals surface area contributed by atoms with Crippen LogP contribution in [0.15, 0.2) is 84.9 Å². The molecule has 10 nitrogen and oxygen atoms in total. The van der Waals surface area contributed by atoms with Gasteiger partial charge in [-0.05, 0) is 70.8 Å². The van der Waals surface area contributed by atoms with Gasteiger partial charge in [-0.15, -0.1) is 0 Å². The average molecular weight is 547 g/mol. The Bertz CT molecular complexity index is 1340. The number of carbonyl (C=O) groups is 2. The molecule has 4 rings (SSSR count). The van der Waals surface area contributed by atoms with E-state index >= 15 is 0 Å². The van der Waals surface area contributed by atoms with Crippen molar-refractivity contribution < 1.29 is 49.7 Å². The van der Waals surface area contributed by atoms with Crippen molar-refractivity contribution >= 4 is 11.9 Å². The maximum atomic E-state index is 11.7. The maximum absolute atomic E-state index is 11.7. The fourth-order valence-corrected chi connectivity index (χ4v) is 4.10. The molecule has 10 heteroatoms. The van der Waals surface area contributed by atoms with Crippen LogP contribution in [0.25, 0.3) is 11.1 Å². The van der Waals surface area contributed by atoms with Gasteiger partial charge in [0.05, 0.1) is 0 Å². The van der Waals surface area contributed by atoms with Crippen LogP contribution in [0.1, 0.15) is 23.0 Å². The normalized spacial score (nSPS) is 12.3. The van der Waals surface area contributed by atoms with Gasteiger partial charge in [0, 0.05) is 12.1 Å². The number of ether oxygens (including phenoxy) is 2. The molecule has 4 aromatic carbocycles. The van der Waals surface area contributed by atoms with Gasteiger partial charge >= 0.3 is 11.9 Å².